The molecule has 0 amide bonds. The Balaban J connectivity index is 2.00. The summed E-state index contributed by atoms with van der Waals surface area (Å²) in [5, 5.41) is 21.7. The third-order valence-electron chi connectivity index (χ3n) is 7.16. The van der Waals surface area contributed by atoms with Gasteiger partial charge in [0.15, 0.2) is 11.5 Å². The molecule has 26 heavy (non-hydrogen) atoms. The van der Waals surface area contributed by atoms with E-state index in [4.69, 9.17) is 9.47 Å². The van der Waals surface area contributed by atoms with Crippen LogP contribution in [0.3, 0.4) is 0 Å². The molecule has 2 aliphatic carbocycles. The van der Waals surface area contributed by atoms with E-state index in [1.54, 1.807) is 7.11 Å². The third-order valence-corrected chi connectivity index (χ3v) is 7.16. The van der Waals surface area contributed by atoms with Crippen molar-refractivity contribution in [1.82, 2.24) is 0 Å². The molecule has 4 rings (SSSR count). The first-order valence-corrected chi connectivity index (χ1v) is 9.59. The number of carbonyl (C=O) groups excluding carboxylic acids is 1. The Morgan fingerprint density at radius 2 is 2.08 bits per heavy atom. The highest BCUT2D eigenvalue weighted by Crippen LogP contribution is 2.64. The quantitative estimate of drug-likeness (QED) is 0.791. The molecule has 2 bridgehead atoms. The number of phenols is 1. The summed E-state index contributed by atoms with van der Waals surface area (Å²) >= 11 is 0. The summed E-state index contributed by atoms with van der Waals surface area (Å²) in [6, 6.07) is 2.09. The predicted molar refractivity (Wildman–Crippen MR) is 96.3 cm³/mol. The lowest BCUT2D eigenvalue weighted by Gasteiger charge is -2.59. The highest BCUT2D eigenvalue weighted by Gasteiger charge is 2.66. The summed E-state index contributed by atoms with van der Waals surface area (Å²) in [5.74, 6) is 0.305. The van der Waals surface area contributed by atoms with Gasteiger partial charge in [0, 0.05) is 16.5 Å². The van der Waals surface area contributed by atoms with Crippen LogP contribution in [-0.2, 0) is 21.4 Å². The summed E-state index contributed by atoms with van der Waals surface area (Å²) in [6.07, 6.45) is 2.82. The number of esters is 1. The molecule has 5 nitrogen and oxygen atoms in total. The maximum absolute atomic E-state index is 13.1. The van der Waals surface area contributed by atoms with Crippen LogP contribution in [-0.4, -0.2) is 29.6 Å². The average molecular weight is 360 g/mol. The molecule has 0 unspecified atom stereocenters. The Kier molecular flexibility index (Phi) is 3.82. The van der Waals surface area contributed by atoms with Crippen LogP contribution in [0.4, 0.5) is 0 Å². The zero-order valence-corrected chi connectivity index (χ0v) is 16.0. The Labute approximate surface area is 154 Å². The van der Waals surface area contributed by atoms with Crippen LogP contribution < -0.4 is 4.74 Å². The van der Waals surface area contributed by atoms with E-state index < -0.39 is 23.1 Å². The van der Waals surface area contributed by atoms with Crippen LogP contribution in [0.25, 0.3) is 0 Å². The van der Waals surface area contributed by atoms with Gasteiger partial charge >= 0.3 is 5.97 Å². The van der Waals surface area contributed by atoms with Crippen LogP contribution >= 0.6 is 0 Å². The van der Waals surface area contributed by atoms with Crippen molar-refractivity contribution < 1.29 is 24.5 Å². The summed E-state index contributed by atoms with van der Waals surface area (Å²) in [6.45, 7) is 6.15. The number of aliphatic hydroxyl groups is 1. The van der Waals surface area contributed by atoms with Crippen LogP contribution in [0.15, 0.2) is 6.07 Å². The maximum Gasteiger partial charge on any atom is 0.319 e. The lowest BCUT2D eigenvalue weighted by Crippen LogP contribution is -2.64. The first-order chi connectivity index (χ1) is 12.3. The van der Waals surface area contributed by atoms with Gasteiger partial charge in [-0.15, -0.1) is 0 Å². The molecule has 1 heterocycles. The van der Waals surface area contributed by atoms with Gasteiger partial charge in [-0.1, -0.05) is 33.3 Å². The van der Waals surface area contributed by atoms with E-state index in [0.29, 0.717) is 17.7 Å². The van der Waals surface area contributed by atoms with Gasteiger partial charge < -0.3 is 19.7 Å². The molecule has 2 N–H and O–H groups in total. The largest absolute Gasteiger partial charge is 0.504 e. The minimum absolute atomic E-state index is 0.0343. The lowest BCUT2D eigenvalue weighted by atomic mass is 9.47. The summed E-state index contributed by atoms with van der Waals surface area (Å²) in [7, 11) is 1.55. The molecule has 2 fully saturated rings. The molecular formula is C21H28O5. The van der Waals surface area contributed by atoms with E-state index in [2.05, 4.69) is 19.9 Å². The molecule has 1 saturated heterocycles. The standard InChI is InChI=1S/C21H28O5/c1-11(2)13-10-12-6-7-14-20(3)8-5-9-21(14,19(24)26-18(20)23)15(12)16(22)17(13)25-4/h10-11,14,18,22-23H,5-9H2,1-4H3/t14-,18+,20-,21+/m0/s1. The van der Waals surface area contributed by atoms with E-state index in [1.165, 1.54) is 0 Å². The van der Waals surface area contributed by atoms with Gasteiger partial charge in [0.2, 0.25) is 6.29 Å². The second-order valence-corrected chi connectivity index (χ2v) is 8.72. The molecule has 0 spiro atoms. The molecule has 5 heteroatoms. The van der Waals surface area contributed by atoms with Crippen molar-refractivity contribution in [2.24, 2.45) is 11.3 Å². The number of phenolic OH excluding ortho intramolecular Hbond substituents is 1. The van der Waals surface area contributed by atoms with Crippen LogP contribution in [0.5, 0.6) is 11.5 Å². The Morgan fingerprint density at radius 1 is 1.35 bits per heavy atom. The third kappa shape index (κ3) is 1.98. The van der Waals surface area contributed by atoms with Gasteiger partial charge in [-0.25, -0.2) is 0 Å². The molecule has 142 valence electrons. The lowest BCUT2D eigenvalue weighted by molar-refractivity contribution is -0.251. The maximum atomic E-state index is 13.1. The van der Waals surface area contributed by atoms with Crippen molar-refractivity contribution in [2.45, 2.75) is 70.5 Å². The number of ether oxygens (including phenoxy) is 2. The number of rotatable bonds is 2. The van der Waals surface area contributed by atoms with Gasteiger partial charge in [-0.2, -0.15) is 0 Å². The highest BCUT2D eigenvalue weighted by molar-refractivity contribution is 5.88. The van der Waals surface area contributed by atoms with Crippen molar-refractivity contribution >= 4 is 5.97 Å². The minimum atomic E-state index is -1.08. The molecule has 3 aliphatic rings. The number of fused-ring (bicyclic) bond motifs is 1. The number of carbonyl (C=O) groups is 1. The van der Waals surface area contributed by atoms with Gasteiger partial charge in [-0.05, 0) is 43.1 Å². The number of hydrogen-bond acceptors (Lipinski definition) is 5. The number of aromatic hydroxyl groups is 1. The number of benzene rings is 1. The normalized spacial score (nSPS) is 35.5. The monoisotopic (exact) mass is 360 g/mol. The van der Waals surface area contributed by atoms with Crippen LogP contribution in [0.1, 0.15) is 69.1 Å². The molecule has 0 aromatic heterocycles. The Bertz CT molecular complexity index is 770. The molecule has 1 aliphatic heterocycles. The Hall–Kier alpha value is -1.75. The number of cyclic esters (lactones) is 1. The van der Waals surface area contributed by atoms with E-state index in [-0.39, 0.29) is 17.6 Å². The number of aryl methyl sites for hydroxylation is 1. The van der Waals surface area contributed by atoms with Crippen molar-refractivity contribution in [2.75, 3.05) is 7.11 Å². The second kappa shape index (κ2) is 5.62. The van der Waals surface area contributed by atoms with Gasteiger partial charge in [0.1, 0.15) is 5.41 Å². The zero-order chi connectivity index (χ0) is 18.9. The molecule has 0 radical (unpaired) electrons. The zero-order valence-electron chi connectivity index (χ0n) is 16.0. The van der Waals surface area contributed by atoms with E-state index in [1.807, 2.05) is 6.92 Å². The number of hydrogen-bond donors (Lipinski definition) is 2. The topological polar surface area (TPSA) is 76.0 Å². The number of methoxy groups -OCH3 is 1. The van der Waals surface area contributed by atoms with Crippen molar-refractivity contribution in [3.05, 3.63) is 22.8 Å². The molecule has 1 aromatic carbocycles. The van der Waals surface area contributed by atoms with Crippen LogP contribution in [0, 0.1) is 11.3 Å². The minimum Gasteiger partial charge on any atom is -0.504 e. The molecule has 4 atom stereocenters. The first-order valence-electron chi connectivity index (χ1n) is 9.59. The Morgan fingerprint density at radius 3 is 2.73 bits per heavy atom. The number of aliphatic hydroxyl groups excluding tert-OH is 1. The summed E-state index contributed by atoms with van der Waals surface area (Å²) in [5.41, 5.74) is 1.30. The molecular weight excluding hydrogens is 332 g/mol. The first kappa shape index (κ1) is 17.7. The fourth-order valence-corrected chi connectivity index (χ4v) is 5.88. The summed E-state index contributed by atoms with van der Waals surface area (Å²) < 4.78 is 11.0. The van der Waals surface area contributed by atoms with Gasteiger partial charge in [-0.3, -0.25) is 4.79 Å². The average Bonchev–Trinajstić information content (AvgIpc) is 2.59. The van der Waals surface area contributed by atoms with Crippen molar-refractivity contribution in [3.63, 3.8) is 0 Å². The fraction of sp³-hybridized carbons (Fsp3) is 0.667. The van der Waals surface area contributed by atoms with Gasteiger partial charge in [0.25, 0.3) is 0 Å². The summed E-state index contributed by atoms with van der Waals surface area (Å²) in [4.78, 5) is 13.1. The predicted octanol–water partition coefficient (Wildman–Crippen LogP) is 3.39. The van der Waals surface area contributed by atoms with Crippen LogP contribution in [0.2, 0.25) is 0 Å². The van der Waals surface area contributed by atoms with E-state index in [9.17, 15) is 15.0 Å². The van der Waals surface area contributed by atoms with Crippen molar-refractivity contribution in [3.8, 4) is 11.5 Å². The van der Waals surface area contributed by atoms with Gasteiger partial charge in [0.05, 0.1) is 7.11 Å². The second-order valence-electron chi connectivity index (χ2n) is 8.72. The SMILES string of the molecule is COc1c(C(C)C)cc2c(c1O)[C@]13CCC[C@](C)([C@H](O)OC1=O)[C@@H]3CC2. The molecule has 1 saturated carbocycles. The van der Waals surface area contributed by atoms with E-state index in [0.717, 1.165) is 36.8 Å². The molecule has 1 aromatic rings. The van der Waals surface area contributed by atoms with Crippen molar-refractivity contribution in [1.29, 1.82) is 0 Å². The smallest absolute Gasteiger partial charge is 0.319 e. The highest BCUT2D eigenvalue weighted by atomic mass is 16.6. The fourth-order valence-electron chi connectivity index (χ4n) is 5.88. The van der Waals surface area contributed by atoms with E-state index >= 15 is 0 Å².